The average Bonchev–Trinajstić information content (AvgIpc) is 2.31. The summed E-state index contributed by atoms with van der Waals surface area (Å²) in [7, 11) is 0. The quantitative estimate of drug-likeness (QED) is 0.742. The molecule has 0 bridgehead atoms. The van der Waals surface area contributed by atoms with Crippen molar-refractivity contribution in [1.29, 1.82) is 0 Å². The Hall–Kier alpha value is -1.49. The molecule has 1 aromatic rings. The number of carbonyl (C=O) groups excluding carboxylic acids is 2. The van der Waals surface area contributed by atoms with Crippen LogP contribution in [0.4, 0.5) is 0 Å². The molecular formula is C13H19NO5Zn. The van der Waals surface area contributed by atoms with E-state index in [9.17, 15) is 24.6 Å². The smallest absolute Gasteiger partial charge is 0.550 e. The second-order valence-electron chi connectivity index (χ2n) is 3.47. The van der Waals surface area contributed by atoms with Crippen LogP contribution in [0.5, 0.6) is 0 Å². The van der Waals surface area contributed by atoms with E-state index >= 15 is 0 Å². The predicted molar refractivity (Wildman–Crippen MR) is 66.9 cm³/mol. The molecule has 0 fully saturated rings. The van der Waals surface area contributed by atoms with Gasteiger partial charge in [-0.15, -0.1) is 0 Å². The van der Waals surface area contributed by atoms with Gasteiger partial charge in [0.1, 0.15) is 0 Å². The van der Waals surface area contributed by atoms with Gasteiger partial charge in [-0.25, -0.2) is 0 Å². The third-order valence-corrected chi connectivity index (χ3v) is 1.59. The van der Waals surface area contributed by atoms with Crippen molar-refractivity contribution in [1.82, 2.24) is 4.98 Å². The zero-order valence-electron chi connectivity index (χ0n) is 11.9. The van der Waals surface area contributed by atoms with Gasteiger partial charge in [0.2, 0.25) is 5.56 Å². The molecule has 0 aliphatic carbocycles. The molecule has 6 nitrogen and oxygen atoms in total. The van der Waals surface area contributed by atoms with Gasteiger partial charge < -0.3 is 24.8 Å². The van der Waals surface area contributed by atoms with E-state index < -0.39 is 11.9 Å². The first-order valence-corrected chi connectivity index (χ1v) is 5.97. The summed E-state index contributed by atoms with van der Waals surface area (Å²) >= 11 is 0. The Kier molecular flexibility index (Phi) is 20.7. The zero-order valence-corrected chi connectivity index (χ0v) is 14.9. The monoisotopic (exact) mass is 333 g/mol. The van der Waals surface area contributed by atoms with Crippen molar-refractivity contribution in [2.24, 2.45) is 0 Å². The Labute approximate surface area is 131 Å². The van der Waals surface area contributed by atoms with Crippen LogP contribution in [0.3, 0.4) is 0 Å². The molecular weight excluding hydrogens is 316 g/mol. The summed E-state index contributed by atoms with van der Waals surface area (Å²) in [6, 6.07) is 4.93. The Bertz CT molecular complexity index is 372. The minimum Gasteiger partial charge on any atom is -0.550 e. The molecule has 0 spiro atoms. The minimum atomic E-state index is -0.961. The zero-order chi connectivity index (χ0) is 15.1. The van der Waals surface area contributed by atoms with Crippen molar-refractivity contribution in [3.05, 3.63) is 34.7 Å². The van der Waals surface area contributed by atoms with E-state index in [1.807, 2.05) is 0 Å². The molecule has 0 unspecified atom stereocenters. The van der Waals surface area contributed by atoms with E-state index in [1.54, 1.807) is 32.2 Å². The van der Waals surface area contributed by atoms with Gasteiger partial charge in [-0.05, 0) is 18.9 Å². The van der Waals surface area contributed by atoms with Crippen LogP contribution in [0, 0.1) is 0 Å². The number of hydrogen-bond acceptors (Lipinski definition) is 5. The van der Waals surface area contributed by atoms with Crippen LogP contribution in [-0.4, -0.2) is 16.9 Å². The van der Waals surface area contributed by atoms with Crippen LogP contribution in [0.25, 0.3) is 0 Å². The van der Waals surface area contributed by atoms with E-state index in [0.29, 0.717) is 12.8 Å². The first kappa shape index (κ1) is 23.6. The molecule has 7 heteroatoms. The maximum Gasteiger partial charge on any atom is 2.00 e. The average molecular weight is 335 g/mol. The number of nitrogens with one attached hydrogen (secondary N) is 1. The van der Waals surface area contributed by atoms with Crippen molar-refractivity contribution in [3.63, 3.8) is 0 Å². The second kappa shape index (κ2) is 17.5. The molecule has 0 saturated carbocycles. The number of aromatic amines is 1. The molecule has 0 aromatic carbocycles. The third-order valence-electron chi connectivity index (χ3n) is 1.59. The van der Waals surface area contributed by atoms with E-state index in [0.717, 1.165) is 0 Å². The topological polar surface area (TPSA) is 113 Å². The summed E-state index contributed by atoms with van der Waals surface area (Å²) in [5.74, 6) is -1.92. The van der Waals surface area contributed by atoms with Gasteiger partial charge >= 0.3 is 19.5 Å². The van der Waals surface area contributed by atoms with Gasteiger partial charge in [0, 0.05) is 24.2 Å². The van der Waals surface area contributed by atoms with Crippen LogP contribution in [0.15, 0.2) is 29.2 Å². The number of pyridine rings is 1. The first-order valence-electron chi connectivity index (χ1n) is 5.97. The number of H-pyrrole nitrogens is 1. The minimum absolute atomic E-state index is 0. The molecule has 108 valence electrons. The van der Waals surface area contributed by atoms with E-state index in [-0.39, 0.29) is 37.9 Å². The molecule has 20 heavy (non-hydrogen) atoms. The van der Waals surface area contributed by atoms with Crippen molar-refractivity contribution < 1.29 is 39.3 Å². The number of rotatable bonds is 4. The summed E-state index contributed by atoms with van der Waals surface area (Å²) < 4.78 is 0. The summed E-state index contributed by atoms with van der Waals surface area (Å²) in [6.45, 7) is 3.60. The number of aromatic nitrogens is 1. The van der Waals surface area contributed by atoms with E-state index in [4.69, 9.17) is 0 Å². The molecule has 0 radical (unpaired) electrons. The standard InChI is InChI=1S/C5H5NO.2C4H8O2.Zn/c7-5-3-1-2-4-6-5;2*1-2-3-4(5)6;/h1-4H,(H,6,7);2*2-3H2,1H3,(H,5,6);/q;;;+2/p-2. The van der Waals surface area contributed by atoms with Crippen molar-refractivity contribution in [3.8, 4) is 0 Å². The van der Waals surface area contributed by atoms with Gasteiger partial charge in [0.15, 0.2) is 0 Å². The van der Waals surface area contributed by atoms with Crippen LogP contribution in [0.1, 0.15) is 39.5 Å². The largest absolute Gasteiger partial charge is 2.00 e. The van der Waals surface area contributed by atoms with Crippen LogP contribution in [0.2, 0.25) is 0 Å². The van der Waals surface area contributed by atoms with Gasteiger partial charge in [-0.2, -0.15) is 0 Å². The van der Waals surface area contributed by atoms with Gasteiger partial charge in [-0.3, -0.25) is 4.79 Å². The summed E-state index contributed by atoms with van der Waals surface area (Å²) in [4.78, 5) is 31.7. The van der Waals surface area contributed by atoms with Crippen molar-refractivity contribution in [2.45, 2.75) is 39.5 Å². The fourth-order valence-corrected chi connectivity index (χ4v) is 0.785. The Morgan fingerprint density at radius 3 is 1.60 bits per heavy atom. The molecule has 0 saturated heterocycles. The van der Waals surface area contributed by atoms with Gasteiger partial charge in [-0.1, -0.05) is 32.8 Å². The number of hydrogen-bond donors (Lipinski definition) is 1. The fraction of sp³-hybridized carbons (Fsp3) is 0.462. The molecule has 1 N–H and O–H groups in total. The summed E-state index contributed by atoms with van der Waals surface area (Å²) in [5, 5.41) is 19.0. The predicted octanol–water partition coefficient (Wildman–Crippen LogP) is -0.555. The maximum atomic E-state index is 10.2. The Balaban J connectivity index is -0.000000213. The Morgan fingerprint density at radius 2 is 1.50 bits per heavy atom. The molecule has 0 aliphatic rings. The fourth-order valence-electron chi connectivity index (χ4n) is 0.785. The van der Waals surface area contributed by atoms with Crippen LogP contribution < -0.4 is 15.8 Å². The molecule has 1 heterocycles. The summed E-state index contributed by atoms with van der Waals surface area (Å²) in [5.41, 5.74) is -0.0532. The number of carboxylic acid groups (broad SMARTS) is 2. The normalized spacial score (nSPS) is 7.90. The molecule has 0 atom stereocenters. The SMILES string of the molecule is CCCC(=O)[O-].CCCC(=O)[O-].O=c1cccc[nH]1.[Zn+2]. The first-order chi connectivity index (χ1) is 8.93. The number of carbonyl (C=O) groups is 2. The van der Waals surface area contributed by atoms with Gasteiger partial charge in [0.25, 0.3) is 0 Å². The number of carboxylic acids is 2. The second-order valence-corrected chi connectivity index (χ2v) is 3.47. The molecule has 0 aliphatic heterocycles. The Morgan fingerprint density at radius 1 is 1.05 bits per heavy atom. The number of aliphatic carboxylic acids is 2. The third kappa shape index (κ3) is 25.4. The molecule has 0 amide bonds. The van der Waals surface area contributed by atoms with E-state index in [1.165, 1.54) is 6.07 Å². The van der Waals surface area contributed by atoms with Crippen molar-refractivity contribution >= 4 is 11.9 Å². The van der Waals surface area contributed by atoms with Crippen LogP contribution in [-0.2, 0) is 29.1 Å². The van der Waals surface area contributed by atoms with Crippen LogP contribution >= 0.6 is 0 Å². The summed E-state index contributed by atoms with van der Waals surface area (Å²) in [6.07, 6.45) is 3.30. The van der Waals surface area contributed by atoms with Gasteiger partial charge in [0.05, 0.1) is 0 Å². The van der Waals surface area contributed by atoms with E-state index in [2.05, 4.69) is 4.98 Å². The maximum absolute atomic E-state index is 10.2. The molecule has 1 rings (SSSR count). The molecule has 1 aromatic heterocycles. The van der Waals surface area contributed by atoms with Crippen molar-refractivity contribution in [2.75, 3.05) is 0 Å².